The Kier molecular flexibility index (Phi) is 3.48. The maximum Gasteiger partial charge on any atom is 0.209 e. The van der Waals surface area contributed by atoms with Gasteiger partial charge in [0.15, 0.2) is 5.58 Å². The minimum Gasteiger partial charge on any atom is -0.439 e. The Bertz CT molecular complexity index is 470. The first kappa shape index (κ1) is 11.0. The van der Waals surface area contributed by atoms with Crippen LogP contribution in [0.4, 0.5) is 4.39 Å². The van der Waals surface area contributed by atoms with Crippen LogP contribution in [0.25, 0.3) is 11.1 Å². The van der Waals surface area contributed by atoms with Crippen LogP contribution in [-0.2, 0) is 11.3 Å². The number of rotatable bonds is 5. The van der Waals surface area contributed by atoms with Crippen LogP contribution in [0.2, 0.25) is 0 Å². The standard InChI is InChI=1S/C11H13FN2O2/c1-15-5-4-13-7-11-14-9-3-2-8(12)6-10(9)16-11/h2-3,6,13H,4-5,7H2,1H3. The maximum absolute atomic E-state index is 12.9. The second-order valence-corrected chi connectivity index (χ2v) is 3.39. The lowest BCUT2D eigenvalue weighted by molar-refractivity contribution is 0.198. The Morgan fingerprint density at radius 1 is 1.50 bits per heavy atom. The van der Waals surface area contributed by atoms with Gasteiger partial charge in [0.05, 0.1) is 13.2 Å². The van der Waals surface area contributed by atoms with Crippen LogP contribution in [0.15, 0.2) is 22.6 Å². The van der Waals surface area contributed by atoms with Crippen molar-refractivity contribution in [2.75, 3.05) is 20.3 Å². The maximum atomic E-state index is 12.9. The van der Waals surface area contributed by atoms with Crippen LogP contribution in [0, 0.1) is 5.82 Å². The minimum atomic E-state index is -0.317. The molecule has 16 heavy (non-hydrogen) atoms. The summed E-state index contributed by atoms with van der Waals surface area (Å²) in [7, 11) is 1.64. The fourth-order valence-electron chi connectivity index (χ4n) is 1.39. The third-order valence-electron chi connectivity index (χ3n) is 2.15. The van der Waals surface area contributed by atoms with Crippen molar-refractivity contribution in [1.29, 1.82) is 0 Å². The molecular formula is C11H13FN2O2. The minimum absolute atomic E-state index is 0.317. The number of oxazole rings is 1. The van der Waals surface area contributed by atoms with Crippen molar-refractivity contribution in [3.63, 3.8) is 0 Å². The molecule has 0 aliphatic rings. The Balaban J connectivity index is 2.02. The van der Waals surface area contributed by atoms with Gasteiger partial charge in [-0.05, 0) is 12.1 Å². The van der Waals surface area contributed by atoms with E-state index in [0.29, 0.717) is 30.1 Å². The average Bonchev–Trinajstić information content (AvgIpc) is 2.66. The van der Waals surface area contributed by atoms with Crippen molar-refractivity contribution in [3.05, 3.63) is 29.9 Å². The highest BCUT2D eigenvalue weighted by atomic mass is 19.1. The quantitative estimate of drug-likeness (QED) is 0.785. The van der Waals surface area contributed by atoms with Gasteiger partial charge < -0.3 is 14.5 Å². The second kappa shape index (κ2) is 5.05. The molecule has 0 saturated carbocycles. The summed E-state index contributed by atoms with van der Waals surface area (Å²) in [5.41, 5.74) is 1.15. The van der Waals surface area contributed by atoms with E-state index in [-0.39, 0.29) is 5.82 Å². The van der Waals surface area contributed by atoms with Crippen molar-refractivity contribution in [1.82, 2.24) is 10.3 Å². The number of methoxy groups -OCH3 is 1. The van der Waals surface area contributed by atoms with Gasteiger partial charge >= 0.3 is 0 Å². The molecule has 1 N–H and O–H groups in total. The Hall–Kier alpha value is -1.46. The van der Waals surface area contributed by atoms with Crippen molar-refractivity contribution in [3.8, 4) is 0 Å². The Morgan fingerprint density at radius 2 is 2.38 bits per heavy atom. The van der Waals surface area contributed by atoms with Crippen LogP contribution in [0.5, 0.6) is 0 Å². The number of ether oxygens (including phenoxy) is 1. The van der Waals surface area contributed by atoms with Gasteiger partial charge in [0.25, 0.3) is 0 Å². The van der Waals surface area contributed by atoms with Gasteiger partial charge in [0.2, 0.25) is 5.89 Å². The van der Waals surface area contributed by atoms with Crippen LogP contribution in [0.3, 0.4) is 0 Å². The topological polar surface area (TPSA) is 47.3 Å². The first-order valence-corrected chi connectivity index (χ1v) is 5.04. The molecule has 1 aromatic carbocycles. The van der Waals surface area contributed by atoms with Crippen LogP contribution >= 0.6 is 0 Å². The van der Waals surface area contributed by atoms with Gasteiger partial charge in [0.1, 0.15) is 11.3 Å². The van der Waals surface area contributed by atoms with Crippen LogP contribution < -0.4 is 5.32 Å². The summed E-state index contributed by atoms with van der Waals surface area (Å²) in [4.78, 5) is 4.21. The van der Waals surface area contributed by atoms with E-state index in [1.54, 1.807) is 13.2 Å². The van der Waals surface area contributed by atoms with Crippen molar-refractivity contribution in [2.45, 2.75) is 6.54 Å². The van der Waals surface area contributed by atoms with Crippen LogP contribution in [-0.4, -0.2) is 25.2 Å². The molecule has 1 aromatic heterocycles. The number of fused-ring (bicyclic) bond motifs is 1. The van der Waals surface area contributed by atoms with Crippen molar-refractivity contribution in [2.24, 2.45) is 0 Å². The molecule has 86 valence electrons. The predicted octanol–water partition coefficient (Wildman–Crippen LogP) is 1.70. The first-order chi connectivity index (χ1) is 7.79. The largest absolute Gasteiger partial charge is 0.439 e. The van der Waals surface area contributed by atoms with E-state index >= 15 is 0 Å². The number of hydrogen-bond donors (Lipinski definition) is 1. The Labute approximate surface area is 92.4 Å². The summed E-state index contributed by atoms with van der Waals surface area (Å²) in [6.07, 6.45) is 0. The van der Waals surface area contributed by atoms with Gasteiger partial charge in [-0.1, -0.05) is 0 Å². The summed E-state index contributed by atoms with van der Waals surface area (Å²) in [6, 6.07) is 4.31. The van der Waals surface area contributed by atoms with Gasteiger partial charge in [-0.2, -0.15) is 0 Å². The van der Waals surface area contributed by atoms with Crippen molar-refractivity contribution < 1.29 is 13.5 Å². The summed E-state index contributed by atoms with van der Waals surface area (Å²) in [5, 5.41) is 3.10. The lowest BCUT2D eigenvalue weighted by atomic mass is 10.3. The van der Waals surface area contributed by atoms with Gasteiger partial charge in [0, 0.05) is 19.7 Å². The molecule has 5 heteroatoms. The molecule has 0 aliphatic carbocycles. The lowest BCUT2D eigenvalue weighted by Gasteiger charge is -1.99. The Morgan fingerprint density at radius 3 is 3.19 bits per heavy atom. The SMILES string of the molecule is COCCNCc1nc2ccc(F)cc2o1. The summed E-state index contributed by atoms with van der Waals surface area (Å²) in [5.74, 6) is 0.235. The molecule has 0 saturated heterocycles. The molecule has 1 heterocycles. The van der Waals surface area contributed by atoms with E-state index in [1.807, 2.05) is 0 Å². The third kappa shape index (κ3) is 2.56. The fourth-order valence-corrected chi connectivity index (χ4v) is 1.39. The third-order valence-corrected chi connectivity index (χ3v) is 2.15. The molecule has 2 rings (SSSR count). The number of benzene rings is 1. The molecule has 0 fully saturated rings. The van der Waals surface area contributed by atoms with Crippen molar-refractivity contribution >= 4 is 11.1 Å². The molecule has 4 nitrogen and oxygen atoms in total. The number of nitrogens with zero attached hydrogens (tertiary/aromatic N) is 1. The summed E-state index contributed by atoms with van der Waals surface area (Å²) < 4.78 is 23.1. The molecule has 0 radical (unpaired) electrons. The zero-order chi connectivity index (χ0) is 11.4. The van der Waals surface area contributed by atoms with Gasteiger partial charge in [-0.3, -0.25) is 0 Å². The molecular weight excluding hydrogens is 211 g/mol. The first-order valence-electron chi connectivity index (χ1n) is 5.04. The number of nitrogens with one attached hydrogen (secondary N) is 1. The molecule has 0 aliphatic heterocycles. The van der Waals surface area contributed by atoms with Gasteiger partial charge in [-0.25, -0.2) is 9.37 Å². The highest BCUT2D eigenvalue weighted by molar-refractivity contribution is 5.72. The zero-order valence-corrected chi connectivity index (χ0v) is 9.00. The summed E-state index contributed by atoms with van der Waals surface area (Å²) >= 11 is 0. The van der Waals surface area contributed by atoms with E-state index in [1.165, 1.54) is 12.1 Å². The lowest BCUT2D eigenvalue weighted by Crippen LogP contribution is -2.18. The average molecular weight is 224 g/mol. The number of aromatic nitrogens is 1. The van der Waals surface area contributed by atoms with E-state index in [4.69, 9.17) is 9.15 Å². The normalized spacial score (nSPS) is 11.1. The molecule has 0 bridgehead atoms. The highest BCUT2D eigenvalue weighted by Gasteiger charge is 2.05. The molecule has 0 spiro atoms. The van der Waals surface area contributed by atoms with E-state index < -0.39 is 0 Å². The fraction of sp³-hybridized carbons (Fsp3) is 0.364. The van der Waals surface area contributed by atoms with Crippen LogP contribution in [0.1, 0.15) is 5.89 Å². The zero-order valence-electron chi connectivity index (χ0n) is 9.00. The van der Waals surface area contributed by atoms with E-state index in [0.717, 1.165) is 6.54 Å². The highest BCUT2D eigenvalue weighted by Crippen LogP contribution is 2.16. The van der Waals surface area contributed by atoms with Gasteiger partial charge in [-0.15, -0.1) is 0 Å². The second-order valence-electron chi connectivity index (χ2n) is 3.39. The molecule has 0 unspecified atom stereocenters. The monoisotopic (exact) mass is 224 g/mol. The molecule has 2 aromatic rings. The number of hydrogen-bond acceptors (Lipinski definition) is 4. The molecule has 0 amide bonds. The number of halogens is 1. The van der Waals surface area contributed by atoms with E-state index in [2.05, 4.69) is 10.3 Å². The predicted molar refractivity (Wildman–Crippen MR) is 57.5 cm³/mol. The van der Waals surface area contributed by atoms with E-state index in [9.17, 15) is 4.39 Å². The molecule has 0 atom stereocenters. The smallest absolute Gasteiger partial charge is 0.209 e. The summed E-state index contributed by atoms with van der Waals surface area (Å²) in [6.45, 7) is 1.87.